The van der Waals surface area contributed by atoms with Crippen LogP contribution in [0.3, 0.4) is 0 Å². The Hall–Kier alpha value is -0.850. The number of aliphatic imine (C=N–C) groups is 1. The van der Waals surface area contributed by atoms with E-state index in [0.29, 0.717) is 0 Å². The van der Waals surface area contributed by atoms with E-state index in [0.717, 1.165) is 6.54 Å². The van der Waals surface area contributed by atoms with Crippen molar-refractivity contribution in [2.75, 3.05) is 6.54 Å². The van der Waals surface area contributed by atoms with E-state index in [9.17, 15) is 0 Å². The van der Waals surface area contributed by atoms with E-state index >= 15 is 0 Å². The van der Waals surface area contributed by atoms with Crippen molar-refractivity contribution in [1.82, 2.24) is 0 Å². The van der Waals surface area contributed by atoms with Gasteiger partial charge in [-0.25, -0.2) is 0 Å². The van der Waals surface area contributed by atoms with Crippen LogP contribution in [0.2, 0.25) is 0 Å². The summed E-state index contributed by atoms with van der Waals surface area (Å²) in [5.41, 5.74) is 2.55. The molecular formula is C8H11N. The number of hydrogen-bond acceptors (Lipinski definition) is 1. The van der Waals surface area contributed by atoms with Crippen molar-refractivity contribution in [1.29, 1.82) is 0 Å². The SMILES string of the molecule is CC1=CCN=CC(C)=C1. The maximum absolute atomic E-state index is 4.13. The van der Waals surface area contributed by atoms with Crippen LogP contribution in [0.15, 0.2) is 28.3 Å². The molecule has 0 spiro atoms. The average molecular weight is 121 g/mol. The van der Waals surface area contributed by atoms with Crippen molar-refractivity contribution in [3.63, 3.8) is 0 Å². The Morgan fingerprint density at radius 2 is 2.11 bits per heavy atom. The van der Waals surface area contributed by atoms with E-state index in [4.69, 9.17) is 0 Å². The quantitative estimate of drug-likeness (QED) is 0.464. The number of nitrogens with zero attached hydrogens (tertiary/aromatic N) is 1. The minimum absolute atomic E-state index is 0.833. The first-order valence-electron chi connectivity index (χ1n) is 3.14. The molecule has 1 rings (SSSR count). The van der Waals surface area contributed by atoms with Crippen LogP contribution in [0, 0.1) is 0 Å². The normalized spacial score (nSPS) is 18.4. The first-order valence-corrected chi connectivity index (χ1v) is 3.14. The van der Waals surface area contributed by atoms with Gasteiger partial charge < -0.3 is 0 Å². The highest BCUT2D eigenvalue weighted by molar-refractivity contribution is 5.79. The lowest BCUT2D eigenvalue weighted by Crippen LogP contribution is -1.74. The third-order valence-electron chi connectivity index (χ3n) is 1.27. The highest BCUT2D eigenvalue weighted by atomic mass is 14.7. The van der Waals surface area contributed by atoms with Crippen LogP contribution >= 0.6 is 0 Å². The van der Waals surface area contributed by atoms with Gasteiger partial charge in [-0.05, 0) is 19.4 Å². The monoisotopic (exact) mass is 121 g/mol. The molecule has 1 heteroatoms. The van der Waals surface area contributed by atoms with Crippen LogP contribution in [-0.2, 0) is 0 Å². The minimum atomic E-state index is 0.833. The molecule has 0 saturated heterocycles. The van der Waals surface area contributed by atoms with E-state index in [1.165, 1.54) is 11.1 Å². The van der Waals surface area contributed by atoms with E-state index in [2.05, 4.69) is 31.0 Å². The molecule has 48 valence electrons. The summed E-state index contributed by atoms with van der Waals surface area (Å²) in [6, 6.07) is 0. The Labute approximate surface area is 55.8 Å². The molecule has 0 unspecified atom stereocenters. The second-order valence-corrected chi connectivity index (χ2v) is 2.33. The Morgan fingerprint density at radius 1 is 1.33 bits per heavy atom. The lowest BCUT2D eigenvalue weighted by Gasteiger charge is -1.86. The zero-order valence-corrected chi connectivity index (χ0v) is 5.89. The lowest BCUT2D eigenvalue weighted by molar-refractivity contribution is 1.24. The summed E-state index contributed by atoms with van der Waals surface area (Å²) in [5, 5.41) is 0. The molecule has 0 radical (unpaired) electrons. The molecule has 9 heavy (non-hydrogen) atoms. The number of hydrogen-bond donors (Lipinski definition) is 0. The van der Waals surface area contributed by atoms with Crippen molar-refractivity contribution in [3.05, 3.63) is 23.3 Å². The van der Waals surface area contributed by atoms with E-state index in [1.807, 2.05) is 6.21 Å². The van der Waals surface area contributed by atoms with Gasteiger partial charge in [-0.3, -0.25) is 4.99 Å². The molecular weight excluding hydrogens is 110 g/mol. The summed E-state index contributed by atoms with van der Waals surface area (Å²) >= 11 is 0. The molecule has 1 heterocycles. The molecule has 0 aliphatic carbocycles. The van der Waals surface area contributed by atoms with E-state index in [1.54, 1.807) is 0 Å². The number of rotatable bonds is 0. The largest absolute Gasteiger partial charge is 0.289 e. The summed E-state index contributed by atoms with van der Waals surface area (Å²) in [7, 11) is 0. The van der Waals surface area contributed by atoms with Gasteiger partial charge in [-0.1, -0.05) is 17.7 Å². The molecule has 0 atom stereocenters. The molecule has 0 aromatic heterocycles. The molecule has 0 saturated carbocycles. The van der Waals surface area contributed by atoms with Crippen molar-refractivity contribution in [3.8, 4) is 0 Å². The first-order chi connectivity index (χ1) is 4.29. The predicted octanol–water partition coefficient (Wildman–Crippen LogP) is 1.96. The molecule has 0 fully saturated rings. The van der Waals surface area contributed by atoms with Gasteiger partial charge in [0.25, 0.3) is 0 Å². The average Bonchev–Trinajstić information content (AvgIpc) is 1.93. The minimum Gasteiger partial charge on any atom is -0.289 e. The Balaban J connectivity index is 2.82. The van der Waals surface area contributed by atoms with Crippen LogP contribution < -0.4 is 0 Å². The van der Waals surface area contributed by atoms with Crippen LogP contribution in [0.1, 0.15) is 13.8 Å². The zero-order chi connectivity index (χ0) is 6.69. The van der Waals surface area contributed by atoms with Gasteiger partial charge in [0.1, 0.15) is 0 Å². The van der Waals surface area contributed by atoms with Gasteiger partial charge in [0.05, 0.1) is 6.54 Å². The summed E-state index contributed by atoms with van der Waals surface area (Å²) < 4.78 is 0. The van der Waals surface area contributed by atoms with Crippen molar-refractivity contribution >= 4 is 6.21 Å². The lowest BCUT2D eigenvalue weighted by atomic mass is 10.2. The summed E-state index contributed by atoms with van der Waals surface area (Å²) in [6.45, 7) is 4.99. The Kier molecular flexibility index (Phi) is 1.83. The summed E-state index contributed by atoms with van der Waals surface area (Å²) in [6.07, 6.45) is 6.16. The van der Waals surface area contributed by atoms with Gasteiger partial charge in [-0.15, -0.1) is 0 Å². The molecule has 0 aromatic rings. The highest BCUT2D eigenvalue weighted by Crippen LogP contribution is 2.02. The third kappa shape index (κ3) is 1.84. The van der Waals surface area contributed by atoms with Crippen LogP contribution in [0.25, 0.3) is 0 Å². The van der Waals surface area contributed by atoms with Gasteiger partial charge >= 0.3 is 0 Å². The Bertz CT molecular complexity index is 185. The fourth-order valence-corrected chi connectivity index (χ4v) is 0.849. The van der Waals surface area contributed by atoms with Gasteiger partial charge in [0.15, 0.2) is 0 Å². The molecule has 1 aliphatic rings. The second kappa shape index (κ2) is 2.62. The first kappa shape index (κ1) is 6.27. The second-order valence-electron chi connectivity index (χ2n) is 2.33. The van der Waals surface area contributed by atoms with Gasteiger partial charge in [0.2, 0.25) is 0 Å². The topological polar surface area (TPSA) is 12.4 Å². The molecule has 0 N–H and O–H groups in total. The summed E-state index contributed by atoms with van der Waals surface area (Å²) in [4.78, 5) is 4.13. The zero-order valence-electron chi connectivity index (χ0n) is 5.89. The van der Waals surface area contributed by atoms with Crippen LogP contribution in [0.4, 0.5) is 0 Å². The fraction of sp³-hybridized carbons (Fsp3) is 0.375. The van der Waals surface area contributed by atoms with Crippen molar-refractivity contribution in [2.45, 2.75) is 13.8 Å². The smallest absolute Gasteiger partial charge is 0.0575 e. The van der Waals surface area contributed by atoms with E-state index < -0.39 is 0 Å². The number of allylic oxidation sites excluding steroid dienone is 3. The standard InChI is InChI=1S/C8H11N/c1-7-3-4-9-6-8(2)5-7/h3,5-6H,4H2,1-2H3. The van der Waals surface area contributed by atoms with Crippen LogP contribution in [0.5, 0.6) is 0 Å². The predicted molar refractivity (Wildman–Crippen MR) is 40.9 cm³/mol. The molecule has 1 nitrogen and oxygen atoms in total. The molecule has 0 amide bonds. The van der Waals surface area contributed by atoms with Crippen molar-refractivity contribution in [2.24, 2.45) is 4.99 Å². The van der Waals surface area contributed by atoms with Crippen LogP contribution in [-0.4, -0.2) is 12.8 Å². The summed E-state index contributed by atoms with van der Waals surface area (Å²) in [5.74, 6) is 0. The Morgan fingerprint density at radius 3 is 2.89 bits per heavy atom. The molecule has 1 aliphatic heterocycles. The maximum atomic E-state index is 4.13. The highest BCUT2D eigenvalue weighted by Gasteiger charge is 1.88. The molecule has 0 bridgehead atoms. The maximum Gasteiger partial charge on any atom is 0.0575 e. The van der Waals surface area contributed by atoms with E-state index in [-0.39, 0.29) is 0 Å². The van der Waals surface area contributed by atoms with Crippen molar-refractivity contribution < 1.29 is 0 Å². The van der Waals surface area contributed by atoms with Gasteiger partial charge in [-0.2, -0.15) is 0 Å². The third-order valence-corrected chi connectivity index (χ3v) is 1.27. The fourth-order valence-electron chi connectivity index (χ4n) is 0.849. The van der Waals surface area contributed by atoms with Gasteiger partial charge in [0, 0.05) is 6.21 Å². The molecule has 0 aromatic carbocycles.